The predicted octanol–water partition coefficient (Wildman–Crippen LogP) is 2.68. The van der Waals surface area contributed by atoms with E-state index in [0.717, 1.165) is 25.0 Å². The summed E-state index contributed by atoms with van der Waals surface area (Å²) >= 11 is 3.33. The molecule has 6 heteroatoms. The SMILES string of the molecule is CCCC(Cc1ncc([N+](=O)[O-])cc1Br)NC. The van der Waals surface area contributed by atoms with E-state index in [1.165, 1.54) is 12.3 Å². The van der Waals surface area contributed by atoms with Crippen LogP contribution in [0, 0.1) is 10.1 Å². The third kappa shape index (κ3) is 4.05. The highest BCUT2D eigenvalue weighted by molar-refractivity contribution is 9.10. The first-order valence-electron chi connectivity index (χ1n) is 5.54. The first-order valence-corrected chi connectivity index (χ1v) is 6.33. The van der Waals surface area contributed by atoms with Gasteiger partial charge in [-0.1, -0.05) is 13.3 Å². The molecule has 1 aromatic heterocycles. The van der Waals surface area contributed by atoms with Crippen molar-refractivity contribution in [1.29, 1.82) is 0 Å². The van der Waals surface area contributed by atoms with Crippen molar-refractivity contribution in [2.45, 2.75) is 32.2 Å². The second-order valence-electron chi connectivity index (χ2n) is 3.86. The molecule has 0 amide bonds. The van der Waals surface area contributed by atoms with Gasteiger partial charge >= 0.3 is 0 Å². The van der Waals surface area contributed by atoms with E-state index in [1.54, 1.807) is 0 Å². The molecule has 0 fully saturated rings. The van der Waals surface area contributed by atoms with Gasteiger partial charge in [-0.05, 0) is 29.4 Å². The lowest BCUT2D eigenvalue weighted by Gasteiger charge is -2.15. The van der Waals surface area contributed by atoms with E-state index in [-0.39, 0.29) is 5.69 Å². The van der Waals surface area contributed by atoms with Crippen molar-refractivity contribution in [3.63, 3.8) is 0 Å². The van der Waals surface area contributed by atoms with Crippen LogP contribution in [0.15, 0.2) is 16.7 Å². The molecule has 0 aliphatic carbocycles. The monoisotopic (exact) mass is 301 g/mol. The fourth-order valence-electron chi connectivity index (χ4n) is 1.64. The third-order valence-electron chi connectivity index (χ3n) is 2.60. The lowest BCUT2D eigenvalue weighted by Crippen LogP contribution is -2.27. The van der Waals surface area contributed by atoms with Crippen LogP contribution in [-0.2, 0) is 6.42 Å². The molecule has 1 heterocycles. The van der Waals surface area contributed by atoms with Crippen molar-refractivity contribution in [2.24, 2.45) is 0 Å². The Bertz CT molecular complexity index is 398. The van der Waals surface area contributed by atoms with Crippen molar-refractivity contribution in [2.75, 3.05) is 7.05 Å². The number of aromatic nitrogens is 1. The molecule has 0 aromatic carbocycles. The molecule has 17 heavy (non-hydrogen) atoms. The van der Waals surface area contributed by atoms with Crippen LogP contribution < -0.4 is 5.32 Å². The summed E-state index contributed by atoms with van der Waals surface area (Å²) in [5.41, 5.74) is 0.862. The molecular formula is C11H16BrN3O2. The molecule has 0 aliphatic rings. The molecule has 0 bridgehead atoms. The standard InChI is InChI=1S/C11H16BrN3O2/c1-3-4-8(13-2)5-11-10(12)6-9(7-14-11)15(16)17/h6-8,13H,3-5H2,1-2H3. The maximum Gasteiger partial charge on any atom is 0.288 e. The Balaban J connectivity index is 2.81. The number of hydrogen-bond acceptors (Lipinski definition) is 4. The van der Waals surface area contributed by atoms with Gasteiger partial charge in [0.15, 0.2) is 0 Å². The minimum atomic E-state index is -0.441. The fourth-order valence-corrected chi connectivity index (χ4v) is 2.14. The molecule has 1 aromatic rings. The number of nitrogens with one attached hydrogen (secondary N) is 1. The van der Waals surface area contributed by atoms with Crippen molar-refractivity contribution in [3.05, 3.63) is 32.5 Å². The molecular weight excluding hydrogens is 286 g/mol. The number of nitro groups is 1. The van der Waals surface area contributed by atoms with E-state index in [4.69, 9.17) is 0 Å². The van der Waals surface area contributed by atoms with Gasteiger partial charge in [-0.25, -0.2) is 0 Å². The van der Waals surface area contributed by atoms with E-state index >= 15 is 0 Å². The van der Waals surface area contributed by atoms with Crippen molar-refractivity contribution in [3.8, 4) is 0 Å². The van der Waals surface area contributed by atoms with Gasteiger partial charge in [0.2, 0.25) is 0 Å². The summed E-state index contributed by atoms with van der Waals surface area (Å²) in [5, 5.41) is 13.8. The summed E-state index contributed by atoms with van der Waals surface area (Å²) in [7, 11) is 1.92. The van der Waals surface area contributed by atoms with E-state index < -0.39 is 4.92 Å². The lowest BCUT2D eigenvalue weighted by atomic mass is 10.1. The molecule has 0 saturated carbocycles. The van der Waals surface area contributed by atoms with Crippen molar-refractivity contribution < 1.29 is 4.92 Å². The van der Waals surface area contributed by atoms with Gasteiger partial charge in [0.25, 0.3) is 5.69 Å². The Kier molecular flexibility index (Phi) is 5.50. The number of pyridine rings is 1. The zero-order valence-electron chi connectivity index (χ0n) is 9.94. The highest BCUT2D eigenvalue weighted by Crippen LogP contribution is 2.22. The Morgan fingerprint density at radius 3 is 2.82 bits per heavy atom. The fraction of sp³-hybridized carbons (Fsp3) is 0.545. The van der Waals surface area contributed by atoms with Gasteiger partial charge in [-0.2, -0.15) is 0 Å². The summed E-state index contributed by atoms with van der Waals surface area (Å²) < 4.78 is 0.697. The summed E-state index contributed by atoms with van der Waals surface area (Å²) in [6, 6.07) is 1.85. The maximum atomic E-state index is 10.6. The van der Waals surface area contributed by atoms with Crippen LogP contribution in [0.2, 0.25) is 0 Å². The van der Waals surface area contributed by atoms with Crippen LogP contribution >= 0.6 is 15.9 Å². The molecule has 5 nitrogen and oxygen atoms in total. The van der Waals surface area contributed by atoms with Crippen LogP contribution in [0.3, 0.4) is 0 Å². The summed E-state index contributed by atoms with van der Waals surface area (Å²) in [5.74, 6) is 0. The minimum absolute atomic E-state index is 0.0112. The molecule has 1 unspecified atom stereocenters. The molecule has 0 spiro atoms. The molecule has 1 atom stereocenters. The quantitative estimate of drug-likeness (QED) is 0.648. The van der Waals surface area contributed by atoms with E-state index in [0.29, 0.717) is 10.5 Å². The Morgan fingerprint density at radius 1 is 1.65 bits per heavy atom. The van der Waals surface area contributed by atoms with Crippen molar-refractivity contribution >= 4 is 21.6 Å². The van der Waals surface area contributed by atoms with E-state index in [9.17, 15) is 10.1 Å². The number of nitrogens with zero attached hydrogens (tertiary/aromatic N) is 2. The first-order chi connectivity index (χ1) is 8.08. The largest absolute Gasteiger partial charge is 0.317 e. The van der Waals surface area contributed by atoms with Gasteiger partial charge < -0.3 is 5.32 Å². The topological polar surface area (TPSA) is 68.1 Å². The van der Waals surface area contributed by atoms with Gasteiger partial charge in [-0.15, -0.1) is 0 Å². The van der Waals surface area contributed by atoms with Crippen LogP contribution in [0.1, 0.15) is 25.5 Å². The smallest absolute Gasteiger partial charge is 0.288 e. The second kappa shape index (κ2) is 6.66. The van der Waals surface area contributed by atoms with Gasteiger partial charge in [0.05, 0.1) is 10.6 Å². The zero-order valence-corrected chi connectivity index (χ0v) is 11.5. The van der Waals surface area contributed by atoms with Crippen molar-refractivity contribution in [1.82, 2.24) is 10.3 Å². The summed E-state index contributed by atoms with van der Waals surface area (Å²) in [6.07, 6.45) is 4.22. The first kappa shape index (κ1) is 14.1. The number of halogens is 1. The Morgan fingerprint density at radius 2 is 2.35 bits per heavy atom. The van der Waals surface area contributed by atoms with Crippen LogP contribution in [0.4, 0.5) is 5.69 Å². The Hall–Kier alpha value is -1.01. The minimum Gasteiger partial charge on any atom is -0.317 e. The Labute approximate surface area is 109 Å². The number of rotatable bonds is 6. The van der Waals surface area contributed by atoms with Crippen LogP contribution in [0.25, 0.3) is 0 Å². The average molecular weight is 302 g/mol. The van der Waals surface area contributed by atoms with Gasteiger partial charge in [0.1, 0.15) is 6.20 Å². The molecule has 0 aliphatic heterocycles. The van der Waals surface area contributed by atoms with Crippen LogP contribution in [-0.4, -0.2) is 23.0 Å². The highest BCUT2D eigenvalue weighted by atomic mass is 79.9. The lowest BCUT2D eigenvalue weighted by molar-refractivity contribution is -0.385. The average Bonchev–Trinajstić information content (AvgIpc) is 2.30. The van der Waals surface area contributed by atoms with E-state index in [2.05, 4.69) is 33.2 Å². The summed E-state index contributed by atoms with van der Waals surface area (Å²) in [4.78, 5) is 14.3. The second-order valence-corrected chi connectivity index (χ2v) is 4.71. The van der Waals surface area contributed by atoms with Gasteiger partial charge in [-0.3, -0.25) is 15.1 Å². The molecule has 1 N–H and O–H groups in total. The summed E-state index contributed by atoms with van der Waals surface area (Å²) in [6.45, 7) is 2.13. The molecule has 0 radical (unpaired) electrons. The molecule has 0 saturated heterocycles. The number of likely N-dealkylation sites (N-methyl/N-ethyl adjacent to an activating group) is 1. The highest BCUT2D eigenvalue weighted by Gasteiger charge is 2.13. The third-order valence-corrected chi connectivity index (χ3v) is 3.29. The molecule has 1 rings (SSSR count). The van der Waals surface area contributed by atoms with Gasteiger partial charge in [0, 0.05) is 23.0 Å². The number of hydrogen-bond donors (Lipinski definition) is 1. The van der Waals surface area contributed by atoms with Crippen LogP contribution in [0.5, 0.6) is 0 Å². The zero-order chi connectivity index (χ0) is 12.8. The molecule has 94 valence electrons. The maximum absolute atomic E-state index is 10.6. The predicted molar refractivity (Wildman–Crippen MR) is 70.1 cm³/mol. The van der Waals surface area contributed by atoms with E-state index in [1.807, 2.05) is 7.05 Å². The normalized spacial score (nSPS) is 12.4.